The van der Waals surface area contributed by atoms with Crippen LogP contribution < -0.4 is 4.90 Å². The lowest BCUT2D eigenvalue weighted by molar-refractivity contribution is 0.605. The Bertz CT molecular complexity index is 601. The zero-order valence-corrected chi connectivity index (χ0v) is 12.6. The topological polar surface area (TPSA) is 3.24 Å². The third-order valence-corrected chi connectivity index (χ3v) is 3.99. The van der Waals surface area contributed by atoms with Gasteiger partial charge >= 0.3 is 0 Å². The molecule has 0 spiro atoms. The van der Waals surface area contributed by atoms with Crippen molar-refractivity contribution in [3.05, 3.63) is 84.5 Å². The molecule has 0 saturated carbocycles. The monoisotopic (exact) mass is 275 g/mol. The van der Waals surface area contributed by atoms with Crippen molar-refractivity contribution in [2.45, 2.75) is 19.9 Å². The van der Waals surface area contributed by atoms with Crippen LogP contribution in [0.15, 0.2) is 84.5 Å². The maximum absolute atomic E-state index is 2.42. The summed E-state index contributed by atoms with van der Waals surface area (Å²) in [6, 6.07) is 21.6. The highest BCUT2D eigenvalue weighted by molar-refractivity contribution is 5.65. The van der Waals surface area contributed by atoms with E-state index in [1.165, 1.54) is 16.9 Å². The molecule has 0 amide bonds. The number of rotatable bonds is 3. The SMILES string of the molecule is CC1=CC(C)C(N(c2ccccc2)c2ccccc2)C=C1. The second kappa shape index (κ2) is 6.01. The van der Waals surface area contributed by atoms with Crippen molar-refractivity contribution in [1.29, 1.82) is 0 Å². The molecular formula is C20H21N. The molecule has 21 heavy (non-hydrogen) atoms. The van der Waals surface area contributed by atoms with Crippen LogP contribution in [0.2, 0.25) is 0 Å². The van der Waals surface area contributed by atoms with Gasteiger partial charge in [-0.25, -0.2) is 0 Å². The fourth-order valence-corrected chi connectivity index (χ4v) is 2.99. The van der Waals surface area contributed by atoms with Gasteiger partial charge in [-0.05, 0) is 37.1 Å². The molecular weight excluding hydrogens is 254 g/mol. The minimum Gasteiger partial charge on any atom is -0.334 e. The molecule has 2 unspecified atom stereocenters. The number of hydrogen-bond acceptors (Lipinski definition) is 1. The first kappa shape index (κ1) is 13.7. The van der Waals surface area contributed by atoms with E-state index in [2.05, 4.69) is 97.6 Å². The van der Waals surface area contributed by atoms with E-state index in [0.717, 1.165) is 0 Å². The smallest absolute Gasteiger partial charge is 0.0585 e. The van der Waals surface area contributed by atoms with Gasteiger partial charge in [-0.3, -0.25) is 0 Å². The van der Waals surface area contributed by atoms with Crippen molar-refractivity contribution in [3.63, 3.8) is 0 Å². The van der Waals surface area contributed by atoms with Crippen LogP contribution in [0.25, 0.3) is 0 Å². The Morgan fingerprint density at radius 1 is 0.810 bits per heavy atom. The summed E-state index contributed by atoms with van der Waals surface area (Å²) in [4.78, 5) is 2.42. The lowest BCUT2D eigenvalue weighted by Gasteiger charge is -2.36. The Morgan fingerprint density at radius 3 is 1.81 bits per heavy atom. The summed E-state index contributed by atoms with van der Waals surface area (Å²) in [5, 5.41) is 0. The van der Waals surface area contributed by atoms with Gasteiger partial charge in [0.15, 0.2) is 0 Å². The Morgan fingerprint density at radius 2 is 1.33 bits per heavy atom. The summed E-state index contributed by atoms with van der Waals surface area (Å²) in [5.41, 5.74) is 3.82. The Kier molecular flexibility index (Phi) is 3.92. The molecule has 2 atom stereocenters. The average Bonchev–Trinajstić information content (AvgIpc) is 2.52. The van der Waals surface area contributed by atoms with Gasteiger partial charge in [0.05, 0.1) is 6.04 Å². The zero-order valence-electron chi connectivity index (χ0n) is 12.6. The van der Waals surface area contributed by atoms with E-state index < -0.39 is 0 Å². The average molecular weight is 275 g/mol. The van der Waals surface area contributed by atoms with Crippen LogP contribution in [-0.2, 0) is 0 Å². The third-order valence-electron chi connectivity index (χ3n) is 3.99. The molecule has 2 aromatic carbocycles. The van der Waals surface area contributed by atoms with Crippen LogP contribution >= 0.6 is 0 Å². The zero-order chi connectivity index (χ0) is 14.7. The van der Waals surface area contributed by atoms with Gasteiger partial charge in [0.2, 0.25) is 0 Å². The number of benzene rings is 2. The molecule has 3 rings (SSSR count). The molecule has 2 aromatic rings. The number of nitrogens with zero attached hydrogens (tertiary/aromatic N) is 1. The van der Waals surface area contributed by atoms with E-state index in [4.69, 9.17) is 0 Å². The highest BCUT2D eigenvalue weighted by Gasteiger charge is 2.24. The quantitative estimate of drug-likeness (QED) is 0.730. The van der Waals surface area contributed by atoms with Crippen molar-refractivity contribution in [1.82, 2.24) is 0 Å². The molecule has 0 fully saturated rings. The number of hydrogen-bond donors (Lipinski definition) is 0. The van der Waals surface area contributed by atoms with Crippen molar-refractivity contribution in [2.24, 2.45) is 5.92 Å². The largest absolute Gasteiger partial charge is 0.334 e. The second-order valence-electron chi connectivity index (χ2n) is 5.66. The number of anilines is 2. The molecule has 106 valence electrons. The standard InChI is InChI=1S/C20H21N/c1-16-13-14-20(17(2)15-16)21(18-9-5-3-6-10-18)19-11-7-4-8-12-19/h3-15,17,20H,1-2H3. The highest BCUT2D eigenvalue weighted by atomic mass is 15.2. The Balaban J connectivity index is 2.04. The van der Waals surface area contributed by atoms with Crippen molar-refractivity contribution in [2.75, 3.05) is 4.90 Å². The van der Waals surface area contributed by atoms with Gasteiger partial charge in [0.25, 0.3) is 0 Å². The minimum atomic E-state index is 0.346. The molecule has 1 nitrogen and oxygen atoms in total. The lowest BCUT2D eigenvalue weighted by atomic mass is 9.91. The summed E-state index contributed by atoms with van der Waals surface area (Å²) in [5.74, 6) is 0.482. The Labute approximate surface area is 127 Å². The van der Waals surface area contributed by atoms with Crippen molar-refractivity contribution < 1.29 is 0 Å². The summed E-state index contributed by atoms with van der Waals surface area (Å²) >= 11 is 0. The predicted molar refractivity (Wildman–Crippen MR) is 90.9 cm³/mol. The van der Waals surface area contributed by atoms with Crippen LogP contribution in [0.3, 0.4) is 0 Å². The van der Waals surface area contributed by atoms with E-state index >= 15 is 0 Å². The van der Waals surface area contributed by atoms with Crippen LogP contribution in [-0.4, -0.2) is 6.04 Å². The van der Waals surface area contributed by atoms with Crippen LogP contribution in [0.5, 0.6) is 0 Å². The van der Waals surface area contributed by atoms with Crippen molar-refractivity contribution >= 4 is 11.4 Å². The fraction of sp³-hybridized carbons (Fsp3) is 0.200. The minimum absolute atomic E-state index is 0.346. The van der Waals surface area contributed by atoms with Gasteiger partial charge in [0.1, 0.15) is 0 Å². The first-order valence-electron chi connectivity index (χ1n) is 7.51. The summed E-state index contributed by atoms with van der Waals surface area (Å²) in [6.07, 6.45) is 6.90. The molecule has 0 heterocycles. The van der Waals surface area contributed by atoms with Crippen molar-refractivity contribution in [3.8, 4) is 0 Å². The van der Waals surface area contributed by atoms with Crippen LogP contribution in [0.1, 0.15) is 13.8 Å². The lowest BCUT2D eigenvalue weighted by Crippen LogP contribution is -2.35. The molecule has 0 N–H and O–H groups in total. The normalized spacial score (nSPS) is 21.0. The molecule has 0 aliphatic heterocycles. The summed E-state index contributed by atoms with van der Waals surface area (Å²) in [7, 11) is 0. The van der Waals surface area contributed by atoms with Gasteiger partial charge in [-0.15, -0.1) is 0 Å². The van der Waals surface area contributed by atoms with E-state index in [0.29, 0.717) is 12.0 Å². The molecule has 1 aliphatic rings. The maximum atomic E-state index is 2.42. The maximum Gasteiger partial charge on any atom is 0.0585 e. The fourth-order valence-electron chi connectivity index (χ4n) is 2.99. The predicted octanol–water partition coefficient (Wildman–Crippen LogP) is 5.35. The highest BCUT2D eigenvalue weighted by Crippen LogP contribution is 2.33. The molecule has 0 radical (unpaired) electrons. The van der Waals surface area contributed by atoms with Gasteiger partial charge in [0, 0.05) is 11.4 Å². The first-order valence-corrected chi connectivity index (χ1v) is 7.51. The number of para-hydroxylation sites is 2. The summed E-state index contributed by atoms with van der Waals surface area (Å²) in [6.45, 7) is 4.45. The van der Waals surface area contributed by atoms with Gasteiger partial charge in [-0.2, -0.15) is 0 Å². The summed E-state index contributed by atoms with van der Waals surface area (Å²) < 4.78 is 0. The molecule has 0 aromatic heterocycles. The molecule has 1 aliphatic carbocycles. The van der Waals surface area contributed by atoms with Gasteiger partial charge < -0.3 is 4.90 Å². The molecule has 0 saturated heterocycles. The van der Waals surface area contributed by atoms with Crippen LogP contribution in [0.4, 0.5) is 11.4 Å². The first-order chi connectivity index (χ1) is 10.3. The third kappa shape index (κ3) is 2.92. The van der Waals surface area contributed by atoms with E-state index in [9.17, 15) is 0 Å². The number of allylic oxidation sites excluding steroid dienone is 2. The van der Waals surface area contributed by atoms with Crippen LogP contribution in [0, 0.1) is 5.92 Å². The Hall–Kier alpha value is -2.28. The van der Waals surface area contributed by atoms with E-state index in [-0.39, 0.29) is 0 Å². The second-order valence-corrected chi connectivity index (χ2v) is 5.66. The molecule has 1 heteroatoms. The van der Waals surface area contributed by atoms with E-state index in [1.807, 2.05) is 0 Å². The van der Waals surface area contributed by atoms with E-state index in [1.54, 1.807) is 0 Å². The molecule has 0 bridgehead atoms. The van der Waals surface area contributed by atoms with Gasteiger partial charge in [-0.1, -0.05) is 67.1 Å².